The van der Waals surface area contributed by atoms with Gasteiger partial charge < -0.3 is 19.3 Å². The topological polar surface area (TPSA) is 99.1 Å². The van der Waals surface area contributed by atoms with E-state index in [9.17, 15) is 19.5 Å². The average Bonchev–Trinajstić information content (AvgIpc) is 3.08. The number of carbonyl (C=O) groups is 3. The summed E-state index contributed by atoms with van der Waals surface area (Å²) in [5.41, 5.74) is -1.32. The number of rotatable bonds is 3. The minimum atomic E-state index is -1.60. The minimum Gasteiger partial charge on any atom is -0.458 e. The van der Waals surface area contributed by atoms with E-state index in [1.54, 1.807) is 26.8 Å². The van der Waals surface area contributed by atoms with E-state index >= 15 is 0 Å². The van der Waals surface area contributed by atoms with Gasteiger partial charge in [0.05, 0.1) is 11.5 Å². The summed E-state index contributed by atoms with van der Waals surface area (Å²) >= 11 is 0. The summed E-state index contributed by atoms with van der Waals surface area (Å²) in [6.07, 6.45) is 2.93. The smallest absolute Gasteiger partial charge is 0.351 e. The monoisotopic (exact) mass is 406 g/mol. The molecule has 1 heterocycles. The molecule has 1 aliphatic heterocycles. The van der Waals surface area contributed by atoms with Gasteiger partial charge in [-0.05, 0) is 41.0 Å². The number of esters is 3. The quantitative estimate of drug-likeness (QED) is 0.333. The van der Waals surface area contributed by atoms with Crippen molar-refractivity contribution in [2.24, 2.45) is 17.8 Å². The highest BCUT2D eigenvalue weighted by Crippen LogP contribution is 2.54. The van der Waals surface area contributed by atoms with E-state index in [4.69, 9.17) is 14.2 Å². The Morgan fingerprint density at radius 3 is 2.55 bits per heavy atom. The van der Waals surface area contributed by atoms with Crippen LogP contribution < -0.4 is 0 Å². The normalized spacial score (nSPS) is 41.6. The number of hydrogen-bond acceptors (Lipinski definition) is 7. The van der Waals surface area contributed by atoms with Crippen molar-refractivity contribution in [3.8, 4) is 0 Å². The Kier molecular flexibility index (Phi) is 5.41. The molecule has 2 fully saturated rings. The predicted octanol–water partition coefficient (Wildman–Crippen LogP) is 2.46. The first-order chi connectivity index (χ1) is 13.4. The zero-order valence-corrected chi connectivity index (χ0v) is 17.9. The molecule has 7 nitrogen and oxygen atoms in total. The van der Waals surface area contributed by atoms with E-state index in [0.29, 0.717) is 12.0 Å². The molecular formula is C22H30O7. The van der Waals surface area contributed by atoms with E-state index in [0.717, 1.165) is 5.57 Å². The van der Waals surface area contributed by atoms with Crippen LogP contribution in [0.15, 0.2) is 23.3 Å². The Labute approximate surface area is 171 Å². The molecule has 1 N–H and O–H groups in total. The van der Waals surface area contributed by atoms with Crippen molar-refractivity contribution in [2.45, 2.75) is 77.8 Å². The van der Waals surface area contributed by atoms with Crippen LogP contribution >= 0.6 is 0 Å². The van der Waals surface area contributed by atoms with Gasteiger partial charge in [-0.3, -0.25) is 4.79 Å². The van der Waals surface area contributed by atoms with Crippen molar-refractivity contribution in [2.75, 3.05) is 0 Å². The maximum Gasteiger partial charge on any atom is 0.351 e. The summed E-state index contributed by atoms with van der Waals surface area (Å²) < 4.78 is 17.0. The lowest BCUT2D eigenvalue weighted by Crippen LogP contribution is -2.50. The summed E-state index contributed by atoms with van der Waals surface area (Å²) in [5.74, 6) is -2.94. The van der Waals surface area contributed by atoms with Crippen LogP contribution in [0.1, 0.15) is 54.4 Å². The van der Waals surface area contributed by atoms with E-state index in [1.807, 2.05) is 13.0 Å². The molecule has 0 radical (unpaired) electrons. The lowest BCUT2D eigenvalue weighted by atomic mass is 9.75. The second-order valence-corrected chi connectivity index (χ2v) is 8.89. The van der Waals surface area contributed by atoms with Gasteiger partial charge in [-0.25, -0.2) is 9.59 Å². The van der Waals surface area contributed by atoms with Crippen LogP contribution in [0.25, 0.3) is 0 Å². The molecule has 160 valence electrons. The van der Waals surface area contributed by atoms with E-state index in [2.05, 4.69) is 0 Å². The summed E-state index contributed by atoms with van der Waals surface area (Å²) in [4.78, 5) is 37.2. The number of aliphatic hydroxyl groups is 1. The maximum atomic E-state index is 12.9. The second kappa shape index (κ2) is 7.27. The van der Waals surface area contributed by atoms with Crippen molar-refractivity contribution in [3.05, 3.63) is 23.3 Å². The van der Waals surface area contributed by atoms with Crippen molar-refractivity contribution in [1.29, 1.82) is 0 Å². The molecule has 0 amide bonds. The molecule has 7 unspecified atom stereocenters. The SMILES string of the molecule is C/C=C(\C)C(=O)OC1CC(C)(O)C2CC=C(C)C2C2OC(=O)C(C)(OC(C)=O)C12. The van der Waals surface area contributed by atoms with E-state index in [-0.39, 0.29) is 18.3 Å². The molecule has 7 heteroatoms. The van der Waals surface area contributed by atoms with Gasteiger partial charge in [0.2, 0.25) is 5.60 Å². The van der Waals surface area contributed by atoms with Crippen LogP contribution in [0, 0.1) is 17.8 Å². The standard InChI is InChI=1S/C22H30O7/c1-7-11(2)19(24)27-15-10-21(5,26)14-9-8-12(3)16(14)18-17(15)22(6,20(25)28-18)29-13(4)23/h7-8,14-18,26H,9-10H2,1-6H3/b11-7+. The van der Waals surface area contributed by atoms with Gasteiger partial charge in [-0.1, -0.05) is 17.7 Å². The molecule has 7 atom stereocenters. The van der Waals surface area contributed by atoms with Gasteiger partial charge in [0.25, 0.3) is 0 Å². The van der Waals surface area contributed by atoms with Crippen LogP contribution in [0.5, 0.6) is 0 Å². The van der Waals surface area contributed by atoms with Gasteiger partial charge in [0.1, 0.15) is 12.2 Å². The molecule has 3 rings (SSSR count). The molecule has 0 aromatic heterocycles. The van der Waals surface area contributed by atoms with Gasteiger partial charge in [-0.2, -0.15) is 0 Å². The van der Waals surface area contributed by atoms with Crippen molar-refractivity contribution in [3.63, 3.8) is 0 Å². The van der Waals surface area contributed by atoms with Crippen LogP contribution in [0.2, 0.25) is 0 Å². The van der Waals surface area contributed by atoms with Crippen LogP contribution in [0.4, 0.5) is 0 Å². The highest BCUT2D eigenvalue weighted by molar-refractivity contribution is 5.88. The van der Waals surface area contributed by atoms with Crippen molar-refractivity contribution >= 4 is 17.9 Å². The summed E-state index contributed by atoms with van der Waals surface area (Å²) in [7, 11) is 0. The molecule has 29 heavy (non-hydrogen) atoms. The summed E-state index contributed by atoms with van der Waals surface area (Å²) in [5, 5.41) is 11.3. The Bertz CT molecular complexity index is 793. The first-order valence-electron chi connectivity index (χ1n) is 10.1. The van der Waals surface area contributed by atoms with E-state index in [1.165, 1.54) is 13.8 Å². The van der Waals surface area contributed by atoms with Crippen LogP contribution in [0.3, 0.4) is 0 Å². The van der Waals surface area contributed by atoms with Crippen molar-refractivity contribution < 1.29 is 33.7 Å². The lowest BCUT2D eigenvalue weighted by molar-refractivity contribution is -0.179. The number of carbonyl (C=O) groups excluding carboxylic acids is 3. The van der Waals surface area contributed by atoms with Gasteiger partial charge in [0.15, 0.2) is 0 Å². The number of hydrogen-bond donors (Lipinski definition) is 1. The number of fused-ring (bicyclic) bond motifs is 3. The Hall–Kier alpha value is -2.15. The average molecular weight is 406 g/mol. The maximum absolute atomic E-state index is 12.9. The second-order valence-electron chi connectivity index (χ2n) is 8.89. The zero-order valence-electron chi connectivity index (χ0n) is 17.9. The zero-order chi connectivity index (χ0) is 21.7. The third-order valence-corrected chi connectivity index (χ3v) is 6.83. The van der Waals surface area contributed by atoms with Gasteiger partial charge >= 0.3 is 17.9 Å². The highest BCUT2D eigenvalue weighted by atomic mass is 16.6. The highest BCUT2D eigenvalue weighted by Gasteiger charge is 2.67. The third kappa shape index (κ3) is 3.50. The largest absolute Gasteiger partial charge is 0.458 e. The molecule has 3 aliphatic rings. The minimum absolute atomic E-state index is 0.118. The lowest BCUT2D eigenvalue weighted by Gasteiger charge is -2.35. The fourth-order valence-corrected chi connectivity index (χ4v) is 5.23. The van der Waals surface area contributed by atoms with E-state index < -0.39 is 47.2 Å². The van der Waals surface area contributed by atoms with Gasteiger partial charge in [0, 0.05) is 30.8 Å². The predicted molar refractivity (Wildman–Crippen MR) is 103 cm³/mol. The fourth-order valence-electron chi connectivity index (χ4n) is 5.23. The van der Waals surface area contributed by atoms with Crippen molar-refractivity contribution in [1.82, 2.24) is 0 Å². The molecular weight excluding hydrogens is 376 g/mol. The Morgan fingerprint density at radius 2 is 1.97 bits per heavy atom. The Morgan fingerprint density at radius 1 is 1.31 bits per heavy atom. The Balaban J connectivity index is 2.10. The first kappa shape index (κ1) is 21.6. The molecule has 2 aliphatic carbocycles. The fraction of sp³-hybridized carbons (Fsp3) is 0.682. The van der Waals surface area contributed by atoms with Gasteiger partial charge in [-0.15, -0.1) is 0 Å². The first-order valence-corrected chi connectivity index (χ1v) is 10.1. The number of ether oxygens (including phenoxy) is 3. The molecule has 0 aromatic rings. The molecule has 1 saturated heterocycles. The molecule has 0 aromatic carbocycles. The molecule has 1 saturated carbocycles. The van der Waals surface area contributed by atoms with Crippen LogP contribution in [-0.2, 0) is 28.6 Å². The van der Waals surface area contributed by atoms with Crippen LogP contribution in [-0.4, -0.2) is 46.4 Å². The summed E-state index contributed by atoms with van der Waals surface area (Å²) in [6, 6.07) is 0. The molecule has 0 bridgehead atoms. The summed E-state index contributed by atoms with van der Waals surface area (Å²) in [6.45, 7) is 9.78. The third-order valence-electron chi connectivity index (χ3n) is 6.83. The molecule has 0 spiro atoms. The number of allylic oxidation sites excluding steroid dienone is 2.